The fourth-order valence-corrected chi connectivity index (χ4v) is 3.00. The first-order chi connectivity index (χ1) is 8.70. The van der Waals surface area contributed by atoms with Crippen LogP contribution in [0.5, 0.6) is 0 Å². The second kappa shape index (κ2) is 6.33. The van der Waals surface area contributed by atoms with E-state index in [0.29, 0.717) is 6.04 Å². The minimum absolute atomic E-state index is 0.667. The molecule has 100 valence electrons. The lowest BCUT2D eigenvalue weighted by Crippen LogP contribution is -2.39. The molecule has 18 heavy (non-hydrogen) atoms. The highest BCUT2D eigenvalue weighted by molar-refractivity contribution is 5.19. The fourth-order valence-electron chi connectivity index (χ4n) is 3.00. The Kier molecular flexibility index (Phi) is 4.76. The summed E-state index contributed by atoms with van der Waals surface area (Å²) in [6.07, 6.45) is 7.05. The van der Waals surface area contributed by atoms with Gasteiger partial charge >= 0.3 is 0 Å². The maximum atomic E-state index is 4.52. The van der Waals surface area contributed by atoms with E-state index in [4.69, 9.17) is 0 Å². The van der Waals surface area contributed by atoms with Crippen molar-refractivity contribution in [3.63, 3.8) is 0 Å². The standard InChI is InChI=1S/C16H26N2/c1-4-14-6-5-9-17-16(14)11-18-15-10-12(2)7-8-13(15)3/h5-6,9,12-13,15,18H,4,7-8,10-11H2,1-3H3. The van der Waals surface area contributed by atoms with Crippen molar-refractivity contribution < 1.29 is 0 Å². The van der Waals surface area contributed by atoms with Crippen molar-refractivity contribution in [2.24, 2.45) is 11.8 Å². The smallest absolute Gasteiger partial charge is 0.0573 e. The Morgan fingerprint density at radius 1 is 1.33 bits per heavy atom. The molecule has 1 aromatic rings. The van der Waals surface area contributed by atoms with Gasteiger partial charge in [0.25, 0.3) is 0 Å². The van der Waals surface area contributed by atoms with Crippen LogP contribution in [0.3, 0.4) is 0 Å². The normalized spacial score (nSPS) is 28.3. The van der Waals surface area contributed by atoms with Crippen LogP contribution in [0, 0.1) is 11.8 Å². The number of nitrogens with zero attached hydrogens (tertiary/aromatic N) is 1. The highest BCUT2D eigenvalue weighted by Gasteiger charge is 2.24. The molecule has 0 aliphatic heterocycles. The molecule has 2 heteroatoms. The first-order valence-corrected chi connectivity index (χ1v) is 7.36. The summed E-state index contributed by atoms with van der Waals surface area (Å²) in [4.78, 5) is 4.52. The number of hydrogen-bond donors (Lipinski definition) is 1. The Morgan fingerprint density at radius 3 is 2.94 bits per heavy atom. The van der Waals surface area contributed by atoms with Gasteiger partial charge in [0.2, 0.25) is 0 Å². The van der Waals surface area contributed by atoms with Gasteiger partial charge in [0.15, 0.2) is 0 Å². The summed E-state index contributed by atoms with van der Waals surface area (Å²) in [5.74, 6) is 1.67. The van der Waals surface area contributed by atoms with E-state index < -0.39 is 0 Å². The van der Waals surface area contributed by atoms with E-state index in [9.17, 15) is 0 Å². The Morgan fingerprint density at radius 2 is 2.17 bits per heavy atom. The zero-order valence-corrected chi connectivity index (χ0v) is 11.9. The molecule has 3 unspecified atom stereocenters. The topological polar surface area (TPSA) is 24.9 Å². The number of aromatic nitrogens is 1. The Bertz CT molecular complexity index is 375. The Hall–Kier alpha value is -0.890. The lowest BCUT2D eigenvalue weighted by Gasteiger charge is -2.33. The van der Waals surface area contributed by atoms with Gasteiger partial charge in [-0.05, 0) is 42.7 Å². The molecule has 0 saturated heterocycles. The van der Waals surface area contributed by atoms with Gasteiger partial charge in [-0.1, -0.05) is 33.3 Å². The van der Waals surface area contributed by atoms with Crippen molar-refractivity contribution in [2.75, 3.05) is 0 Å². The minimum Gasteiger partial charge on any atom is -0.308 e. The molecule has 0 radical (unpaired) electrons. The summed E-state index contributed by atoms with van der Waals surface area (Å²) in [5.41, 5.74) is 2.60. The van der Waals surface area contributed by atoms with Crippen molar-refractivity contribution in [3.8, 4) is 0 Å². The largest absolute Gasteiger partial charge is 0.308 e. The van der Waals surface area contributed by atoms with Gasteiger partial charge in [0, 0.05) is 18.8 Å². The number of pyridine rings is 1. The van der Waals surface area contributed by atoms with Gasteiger partial charge in [-0.3, -0.25) is 4.98 Å². The summed E-state index contributed by atoms with van der Waals surface area (Å²) in [6, 6.07) is 4.89. The quantitative estimate of drug-likeness (QED) is 0.878. The van der Waals surface area contributed by atoms with E-state index in [-0.39, 0.29) is 0 Å². The van der Waals surface area contributed by atoms with E-state index in [1.165, 1.54) is 30.5 Å². The number of hydrogen-bond acceptors (Lipinski definition) is 2. The minimum atomic E-state index is 0.667. The van der Waals surface area contributed by atoms with Gasteiger partial charge in [0.1, 0.15) is 0 Å². The summed E-state index contributed by atoms with van der Waals surface area (Å²) >= 11 is 0. The predicted octanol–water partition coefficient (Wildman–Crippen LogP) is 3.56. The molecule has 3 atom stereocenters. The van der Waals surface area contributed by atoms with E-state index in [1.54, 1.807) is 0 Å². The van der Waals surface area contributed by atoms with E-state index >= 15 is 0 Å². The van der Waals surface area contributed by atoms with Crippen LogP contribution in [-0.4, -0.2) is 11.0 Å². The first kappa shape index (κ1) is 13.5. The molecule has 1 aromatic heterocycles. The summed E-state index contributed by atoms with van der Waals surface area (Å²) < 4.78 is 0. The summed E-state index contributed by atoms with van der Waals surface area (Å²) in [5, 5.41) is 3.73. The second-order valence-corrected chi connectivity index (χ2v) is 5.85. The lowest BCUT2D eigenvalue weighted by atomic mass is 9.80. The van der Waals surface area contributed by atoms with Crippen LogP contribution in [0.15, 0.2) is 18.3 Å². The van der Waals surface area contributed by atoms with Crippen LogP contribution >= 0.6 is 0 Å². The summed E-state index contributed by atoms with van der Waals surface area (Å²) in [7, 11) is 0. The van der Waals surface area contributed by atoms with Crippen LogP contribution in [0.1, 0.15) is 51.3 Å². The Labute approximate surface area is 111 Å². The molecule has 2 rings (SSSR count). The molecule has 0 aromatic carbocycles. The molecular formula is C16H26N2. The van der Waals surface area contributed by atoms with Crippen LogP contribution < -0.4 is 5.32 Å². The molecule has 1 fully saturated rings. The number of aryl methyl sites for hydroxylation is 1. The molecular weight excluding hydrogens is 220 g/mol. The van der Waals surface area contributed by atoms with Crippen LogP contribution in [0.2, 0.25) is 0 Å². The molecule has 1 aliphatic rings. The third-order valence-corrected chi connectivity index (χ3v) is 4.36. The lowest BCUT2D eigenvalue weighted by molar-refractivity contribution is 0.227. The zero-order valence-electron chi connectivity index (χ0n) is 11.9. The second-order valence-electron chi connectivity index (χ2n) is 5.85. The molecule has 0 bridgehead atoms. The average molecular weight is 246 g/mol. The predicted molar refractivity (Wildman–Crippen MR) is 76.4 cm³/mol. The van der Waals surface area contributed by atoms with Gasteiger partial charge in [0.05, 0.1) is 5.69 Å². The van der Waals surface area contributed by atoms with Crippen LogP contribution in [-0.2, 0) is 13.0 Å². The molecule has 2 nitrogen and oxygen atoms in total. The van der Waals surface area contributed by atoms with Gasteiger partial charge in [-0.2, -0.15) is 0 Å². The summed E-state index contributed by atoms with van der Waals surface area (Å²) in [6.45, 7) is 7.87. The van der Waals surface area contributed by atoms with Crippen molar-refractivity contribution in [1.82, 2.24) is 10.3 Å². The van der Waals surface area contributed by atoms with E-state index in [2.05, 4.69) is 37.1 Å². The van der Waals surface area contributed by atoms with Gasteiger partial charge < -0.3 is 5.32 Å². The third-order valence-electron chi connectivity index (χ3n) is 4.36. The van der Waals surface area contributed by atoms with E-state index in [1.807, 2.05) is 12.3 Å². The van der Waals surface area contributed by atoms with Crippen molar-refractivity contribution >= 4 is 0 Å². The Balaban J connectivity index is 1.94. The van der Waals surface area contributed by atoms with Gasteiger partial charge in [-0.25, -0.2) is 0 Å². The highest BCUT2D eigenvalue weighted by atomic mass is 14.9. The molecule has 1 heterocycles. The maximum absolute atomic E-state index is 4.52. The van der Waals surface area contributed by atoms with Crippen LogP contribution in [0.25, 0.3) is 0 Å². The SMILES string of the molecule is CCc1cccnc1CNC1CC(C)CCC1C. The van der Waals surface area contributed by atoms with Crippen molar-refractivity contribution in [3.05, 3.63) is 29.6 Å². The van der Waals surface area contributed by atoms with E-state index in [0.717, 1.165) is 24.8 Å². The zero-order chi connectivity index (χ0) is 13.0. The monoisotopic (exact) mass is 246 g/mol. The maximum Gasteiger partial charge on any atom is 0.0573 e. The number of rotatable bonds is 4. The molecule has 1 aliphatic carbocycles. The molecule has 0 spiro atoms. The molecule has 1 saturated carbocycles. The van der Waals surface area contributed by atoms with Crippen molar-refractivity contribution in [2.45, 2.75) is 59.0 Å². The third kappa shape index (κ3) is 3.32. The van der Waals surface area contributed by atoms with Crippen molar-refractivity contribution in [1.29, 1.82) is 0 Å². The fraction of sp³-hybridized carbons (Fsp3) is 0.688. The first-order valence-electron chi connectivity index (χ1n) is 7.36. The average Bonchev–Trinajstić information content (AvgIpc) is 2.40. The number of nitrogens with one attached hydrogen (secondary N) is 1. The molecule has 1 N–H and O–H groups in total. The molecule has 0 amide bonds. The highest BCUT2D eigenvalue weighted by Crippen LogP contribution is 2.28. The van der Waals surface area contributed by atoms with Gasteiger partial charge in [-0.15, -0.1) is 0 Å². The van der Waals surface area contributed by atoms with Crippen LogP contribution in [0.4, 0.5) is 0 Å².